The number of hydrogen-bond donors (Lipinski definition) is 1. The van der Waals surface area contributed by atoms with Crippen LogP contribution in [0.3, 0.4) is 0 Å². The van der Waals surface area contributed by atoms with Gasteiger partial charge in [-0.15, -0.1) is 0 Å². The maximum atomic E-state index is 11.8. The van der Waals surface area contributed by atoms with Crippen molar-refractivity contribution in [1.29, 1.82) is 0 Å². The van der Waals surface area contributed by atoms with Crippen molar-refractivity contribution in [2.24, 2.45) is 5.73 Å². The summed E-state index contributed by atoms with van der Waals surface area (Å²) in [6, 6.07) is 9.48. The molecule has 0 spiro atoms. The highest BCUT2D eigenvalue weighted by Crippen LogP contribution is 2.23. The van der Waals surface area contributed by atoms with Crippen molar-refractivity contribution >= 4 is 5.91 Å². The molecule has 1 amide bonds. The second-order valence-electron chi connectivity index (χ2n) is 7.25. The van der Waals surface area contributed by atoms with Gasteiger partial charge < -0.3 is 10.6 Å². The third-order valence-electron chi connectivity index (χ3n) is 5.46. The van der Waals surface area contributed by atoms with E-state index in [0.29, 0.717) is 18.5 Å². The summed E-state index contributed by atoms with van der Waals surface area (Å²) in [5, 5.41) is 0. The van der Waals surface area contributed by atoms with Crippen LogP contribution in [-0.2, 0) is 17.8 Å². The van der Waals surface area contributed by atoms with Crippen molar-refractivity contribution in [3.8, 4) is 0 Å². The maximum Gasteiger partial charge on any atom is 0.222 e. The molecule has 0 saturated carbocycles. The van der Waals surface area contributed by atoms with Crippen LogP contribution < -0.4 is 5.73 Å². The summed E-state index contributed by atoms with van der Waals surface area (Å²) < 4.78 is 0. The van der Waals surface area contributed by atoms with Crippen LogP contribution in [0.1, 0.15) is 49.7 Å². The third kappa shape index (κ3) is 4.58. The number of amides is 1. The van der Waals surface area contributed by atoms with Gasteiger partial charge >= 0.3 is 0 Å². The molecular weight excluding hydrogens is 298 g/mol. The zero-order chi connectivity index (χ0) is 16.8. The van der Waals surface area contributed by atoms with E-state index < -0.39 is 0 Å². The highest BCUT2D eigenvalue weighted by atomic mass is 16.2. The van der Waals surface area contributed by atoms with Gasteiger partial charge in [-0.05, 0) is 56.3 Å². The molecule has 2 aliphatic rings. The molecule has 0 radical (unpaired) electrons. The van der Waals surface area contributed by atoms with Crippen molar-refractivity contribution in [3.63, 3.8) is 0 Å². The van der Waals surface area contributed by atoms with E-state index in [0.717, 1.165) is 45.3 Å². The lowest BCUT2D eigenvalue weighted by atomic mass is 9.97. The smallest absolute Gasteiger partial charge is 0.222 e. The lowest BCUT2D eigenvalue weighted by Crippen LogP contribution is -2.41. The number of piperidine rings is 1. The number of carbonyl (C=O) groups is 1. The van der Waals surface area contributed by atoms with E-state index in [1.165, 1.54) is 36.9 Å². The number of nitrogens with two attached hydrogens (primary N) is 1. The molecule has 0 bridgehead atoms. The van der Waals surface area contributed by atoms with Gasteiger partial charge in [-0.3, -0.25) is 9.69 Å². The Morgan fingerprint density at radius 3 is 2.79 bits per heavy atom. The van der Waals surface area contributed by atoms with E-state index in [-0.39, 0.29) is 0 Å². The van der Waals surface area contributed by atoms with Crippen LogP contribution in [0.5, 0.6) is 0 Å². The first kappa shape index (κ1) is 17.4. The molecular formula is C20H31N3O. The Hall–Kier alpha value is -1.39. The SMILES string of the molecule is NCCc1cccc(CN2CCCCC2CCN2CCCC2=O)c1. The molecule has 1 aromatic carbocycles. The van der Waals surface area contributed by atoms with E-state index in [9.17, 15) is 4.79 Å². The van der Waals surface area contributed by atoms with Gasteiger partial charge in [0.15, 0.2) is 0 Å². The fourth-order valence-corrected chi connectivity index (χ4v) is 4.13. The lowest BCUT2D eigenvalue weighted by Gasteiger charge is -2.36. The summed E-state index contributed by atoms with van der Waals surface area (Å²) in [6.45, 7) is 4.82. The monoisotopic (exact) mass is 329 g/mol. The lowest BCUT2D eigenvalue weighted by molar-refractivity contribution is -0.127. The second kappa shape index (κ2) is 8.63. The van der Waals surface area contributed by atoms with Gasteiger partial charge in [-0.2, -0.15) is 0 Å². The van der Waals surface area contributed by atoms with Gasteiger partial charge in [-0.1, -0.05) is 30.7 Å². The van der Waals surface area contributed by atoms with Crippen LogP contribution >= 0.6 is 0 Å². The Morgan fingerprint density at radius 2 is 2.00 bits per heavy atom. The highest BCUT2D eigenvalue weighted by Gasteiger charge is 2.25. The molecule has 2 saturated heterocycles. The van der Waals surface area contributed by atoms with Crippen LogP contribution in [0.15, 0.2) is 24.3 Å². The minimum atomic E-state index is 0.354. The Balaban J connectivity index is 1.57. The van der Waals surface area contributed by atoms with Gasteiger partial charge in [0.1, 0.15) is 0 Å². The fourth-order valence-electron chi connectivity index (χ4n) is 4.13. The second-order valence-corrected chi connectivity index (χ2v) is 7.25. The number of likely N-dealkylation sites (tertiary alicyclic amines) is 2. The number of carbonyl (C=O) groups excluding carboxylic acids is 1. The molecule has 1 atom stereocenters. The number of nitrogens with zero attached hydrogens (tertiary/aromatic N) is 2. The predicted octanol–water partition coefficient (Wildman–Crippen LogP) is 2.55. The molecule has 3 rings (SSSR count). The van der Waals surface area contributed by atoms with Crippen LogP contribution in [0, 0.1) is 0 Å². The van der Waals surface area contributed by atoms with Crippen LogP contribution in [0.25, 0.3) is 0 Å². The molecule has 1 unspecified atom stereocenters. The van der Waals surface area contributed by atoms with Crippen LogP contribution in [0.4, 0.5) is 0 Å². The first-order valence-electron chi connectivity index (χ1n) is 9.56. The molecule has 0 aliphatic carbocycles. The van der Waals surface area contributed by atoms with Crippen molar-refractivity contribution in [2.75, 3.05) is 26.2 Å². The van der Waals surface area contributed by atoms with E-state index in [1.54, 1.807) is 0 Å². The zero-order valence-electron chi connectivity index (χ0n) is 14.8. The molecule has 0 aromatic heterocycles. The molecule has 1 aromatic rings. The molecule has 4 nitrogen and oxygen atoms in total. The molecule has 2 fully saturated rings. The van der Waals surface area contributed by atoms with Crippen molar-refractivity contribution in [1.82, 2.24) is 9.80 Å². The normalized spacial score (nSPS) is 22.3. The van der Waals surface area contributed by atoms with E-state index in [4.69, 9.17) is 5.73 Å². The standard InChI is InChI=1S/C20H31N3O/c21-11-9-17-5-3-6-18(15-17)16-23-12-2-1-7-19(23)10-14-22-13-4-8-20(22)24/h3,5-6,15,19H,1-2,4,7-14,16,21H2. The average Bonchev–Trinajstić information content (AvgIpc) is 3.00. The fraction of sp³-hybridized carbons (Fsp3) is 0.650. The Labute approximate surface area is 146 Å². The van der Waals surface area contributed by atoms with Gasteiger partial charge in [0.25, 0.3) is 0 Å². The summed E-state index contributed by atoms with van der Waals surface area (Å²) >= 11 is 0. The Morgan fingerprint density at radius 1 is 1.12 bits per heavy atom. The molecule has 4 heteroatoms. The first-order valence-corrected chi connectivity index (χ1v) is 9.56. The van der Waals surface area contributed by atoms with Gasteiger partial charge in [-0.25, -0.2) is 0 Å². The van der Waals surface area contributed by atoms with Gasteiger partial charge in [0.05, 0.1) is 0 Å². The molecule has 2 N–H and O–H groups in total. The first-order chi connectivity index (χ1) is 11.8. The summed E-state index contributed by atoms with van der Waals surface area (Å²) in [7, 11) is 0. The van der Waals surface area contributed by atoms with Gasteiger partial charge in [0, 0.05) is 32.1 Å². The van der Waals surface area contributed by atoms with E-state index in [1.807, 2.05) is 0 Å². The predicted molar refractivity (Wildman–Crippen MR) is 97.7 cm³/mol. The number of rotatable bonds is 7. The average molecular weight is 329 g/mol. The van der Waals surface area contributed by atoms with Gasteiger partial charge in [0.2, 0.25) is 5.91 Å². The third-order valence-corrected chi connectivity index (χ3v) is 5.46. The molecule has 2 heterocycles. The molecule has 2 aliphatic heterocycles. The highest BCUT2D eigenvalue weighted by molar-refractivity contribution is 5.77. The van der Waals surface area contributed by atoms with E-state index in [2.05, 4.69) is 34.1 Å². The van der Waals surface area contributed by atoms with Crippen molar-refractivity contribution in [3.05, 3.63) is 35.4 Å². The summed E-state index contributed by atoms with van der Waals surface area (Å²) in [5.74, 6) is 0.354. The van der Waals surface area contributed by atoms with Crippen molar-refractivity contribution in [2.45, 2.75) is 57.5 Å². The molecule has 132 valence electrons. The minimum Gasteiger partial charge on any atom is -0.343 e. The summed E-state index contributed by atoms with van der Waals surface area (Å²) in [4.78, 5) is 16.5. The number of hydrogen-bond acceptors (Lipinski definition) is 3. The molecule has 24 heavy (non-hydrogen) atoms. The Bertz CT molecular complexity index is 545. The van der Waals surface area contributed by atoms with Crippen molar-refractivity contribution < 1.29 is 4.79 Å². The zero-order valence-corrected chi connectivity index (χ0v) is 14.8. The quantitative estimate of drug-likeness (QED) is 0.836. The van der Waals surface area contributed by atoms with Crippen LogP contribution in [0.2, 0.25) is 0 Å². The summed E-state index contributed by atoms with van der Waals surface area (Å²) in [6.07, 6.45) is 7.75. The minimum absolute atomic E-state index is 0.354. The Kier molecular flexibility index (Phi) is 6.27. The van der Waals surface area contributed by atoms with E-state index >= 15 is 0 Å². The number of benzene rings is 1. The largest absolute Gasteiger partial charge is 0.343 e. The summed E-state index contributed by atoms with van der Waals surface area (Å²) in [5.41, 5.74) is 8.42. The topological polar surface area (TPSA) is 49.6 Å². The van der Waals surface area contributed by atoms with Crippen LogP contribution in [-0.4, -0.2) is 47.9 Å². The maximum absolute atomic E-state index is 11.8.